The van der Waals surface area contributed by atoms with Crippen LogP contribution in [0.1, 0.15) is 27.3 Å². The Kier molecular flexibility index (Phi) is 7.63. The zero-order valence-electron chi connectivity index (χ0n) is 17.0. The first-order valence-corrected chi connectivity index (χ1v) is 8.96. The minimum absolute atomic E-state index is 0.0422. The first-order valence-electron chi connectivity index (χ1n) is 8.96. The lowest BCUT2D eigenvalue weighted by atomic mass is 10.1. The van der Waals surface area contributed by atoms with Crippen LogP contribution in [0, 0.1) is 13.8 Å². The van der Waals surface area contributed by atoms with E-state index in [1.807, 2.05) is 24.5 Å². The van der Waals surface area contributed by atoms with Crippen LogP contribution in [0.4, 0.5) is 0 Å². The lowest BCUT2D eigenvalue weighted by molar-refractivity contribution is -0.141. The van der Waals surface area contributed by atoms with E-state index in [-0.39, 0.29) is 18.8 Å². The molecule has 0 spiro atoms. The van der Waals surface area contributed by atoms with E-state index in [1.54, 1.807) is 32.4 Å². The maximum atomic E-state index is 12.5. The van der Waals surface area contributed by atoms with Crippen LogP contribution in [-0.2, 0) is 27.2 Å². The quantitative estimate of drug-likeness (QED) is 0.459. The van der Waals surface area contributed by atoms with E-state index in [0.29, 0.717) is 35.8 Å². The summed E-state index contributed by atoms with van der Waals surface area (Å²) in [6.45, 7) is 4.75. The molecule has 0 unspecified atom stereocenters. The molecule has 0 saturated carbocycles. The number of hydrogen-bond acceptors (Lipinski definition) is 6. The molecule has 1 aromatic heterocycles. The third-order valence-electron chi connectivity index (χ3n) is 4.55. The van der Waals surface area contributed by atoms with Gasteiger partial charge in [-0.15, -0.1) is 0 Å². The van der Waals surface area contributed by atoms with Crippen LogP contribution in [0.25, 0.3) is 0 Å². The summed E-state index contributed by atoms with van der Waals surface area (Å²) >= 11 is 0. The van der Waals surface area contributed by atoms with E-state index < -0.39 is 5.97 Å². The topological polar surface area (TPSA) is 76.0 Å². The Morgan fingerprint density at radius 1 is 1.00 bits per heavy atom. The van der Waals surface area contributed by atoms with Crippen molar-refractivity contribution in [2.75, 3.05) is 34.5 Å². The van der Waals surface area contributed by atoms with Crippen molar-refractivity contribution in [3.05, 3.63) is 46.8 Å². The summed E-state index contributed by atoms with van der Waals surface area (Å²) in [4.78, 5) is 24.6. The second kappa shape index (κ2) is 9.94. The van der Waals surface area contributed by atoms with Crippen molar-refractivity contribution in [3.8, 4) is 11.5 Å². The number of hydrogen-bond donors (Lipinski definition) is 0. The smallest absolute Gasteiger partial charge is 0.310 e. The molecule has 0 atom stereocenters. The Hall–Kier alpha value is -2.80. The number of aryl methyl sites for hydroxylation is 1. The van der Waals surface area contributed by atoms with E-state index in [4.69, 9.17) is 18.9 Å². The van der Waals surface area contributed by atoms with E-state index in [2.05, 4.69) is 0 Å². The molecule has 2 rings (SSSR count). The average Bonchev–Trinajstić information content (AvgIpc) is 2.98. The fourth-order valence-electron chi connectivity index (χ4n) is 3.04. The van der Waals surface area contributed by atoms with Gasteiger partial charge in [0.1, 0.15) is 0 Å². The van der Waals surface area contributed by atoms with Gasteiger partial charge < -0.3 is 23.5 Å². The monoisotopic (exact) mass is 389 g/mol. The molecular formula is C21H27NO6. The standard InChI is InChI=1S/C21H27NO6/c1-14-10-17(15(2)22(14)8-9-25-3)18(23)13-28-21(24)12-16-6-7-19(26-4)20(11-16)27-5/h6-7,10-11H,8-9,12-13H2,1-5H3. The third kappa shape index (κ3) is 5.13. The van der Waals surface area contributed by atoms with E-state index in [9.17, 15) is 9.59 Å². The van der Waals surface area contributed by atoms with Gasteiger partial charge in [0, 0.05) is 30.6 Å². The molecule has 0 aliphatic rings. The minimum atomic E-state index is -0.478. The van der Waals surface area contributed by atoms with Crippen molar-refractivity contribution in [1.29, 1.82) is 0 Å². The first kappa shape index (κ1) is 21.5. The van der Waals surface area contributed by atoms with Gasteiger partial charge in [-0.1, -0.05) is 6.07 Å². The molecule has 0 aliphatic carbocycles. The Morgan fingerprint density at radius 3 is 2.36 bits per heavy atom. The molecule has 28 heavy (non-hydrogen) atoms. The number of Topliss-reactive ketones (excluding diaryl/α,β-unsaturated/α-hetero) is 1. The van der Waals surface area contributed by atoms with Crippen molar-refractivity contribution in [2.24, 2.45) is 0 Å². The lowest BCUT2D eigenvalue weighted by Gasteiger charge is -2.10. The molecule has 0 bridgehead atoms. The van der Waals surface area contributed by atoms with Gasteiger partial charge in [0.05, 0.1) is 27.2 Å². The molecule has 0 fully saturated rings. The van der Waals surface area contributed by atoms with Crippen LogP contribution in [0.5, 0.6) is 11.5 Å². The molecule has 1 aromatic carbocycles. The number of methoxy groups -OCH3 is 3. The summed E-state index contributed by atoms with van der Waals surface area (Å²) in [6, 6.07) is 7.01. The molecule has 0 N–H and O–H groups in total. The number of carbonyl (C=O) groups is 2. The number of benzene rings is 1. The van der Waals surface area contributed by atoms with Crippen molar-refractivity contribution >= 4 is 11.8 Å². The molecule has 0 saturated heterocycles. The summed E-state index contributed by atoms with van der Waals surface area (Å²) in [6.07, 6.45) is 0.0422. The highest BCUT2D eigenvalue weighted by Gasteiger charge is 2.17. The van der Waals surface area contributed by atoms with Crippen LogP contribution in [0.15, 0.2) is 24.3 Å². The van der Waals surface area contributed by atoms with Crippen molar-refractivity contribution in [3.63, 3.8) is 0 Å². The summed E-state index contributed by atoms with van der Waals surface area (Å²) < 4.78 is 22.7. The van der Waals surface area contributed by atoms with Gasteiger partial charge in [-0.25, -0.2) is 0 Å². The number of rotatable bonds is 10. The number of aromatic nitrogens is 1. The normalized spacial score (nSPS) is 10.6. The summed E-state index contributed by atoms with van der Waals surface area (Å²) in [5, 5.41) is 0. The van der Waals surface area contributed by atoms with Gasteiger partial charge in [-0.2, -0.15) is 0 Å². The molecule has 0 aliphatic heterocycles. The van der Waals surface area contributed by atoms with Crippen LogP contribution in [-0.4, -0.2) is 50.9 Å². The SMILES string of the molecule is COCCn1c(C)cc(C(=O)COC(=O)Cc2ccc(OC)c(OC)c2)c1C. The molecule has 7 nitrogen and oxygen atoms in total. The zero-order valence-corrected chi connectivity index (χ0v) is 17.0. The van der Waals surface area contributed by atoms with Crippen molar-refractivity contribution in [2.45, 2.75) is 26.8 Å². The maximum Gasteiger partial charge on any atom is 0.310 e. The van der Waals surface area contributed by atoms with E-state index in [1.165, 1.54) is 7.11 Å². The summed E-state index contributed by atoms with van der Waals surface area (Å²) in [5.41, 5.74) is 3.09. The number of esters is 1. The van der Waals surface area contributed by atoms with Gasteiger partial charge in [0.25, 0.3) is 0 Å². The fraction of sp³-hybridized carbons (Fsp3) is 0.429. The number of nitrogens with zero attached hydrogens (tertiary/aromatic N) is 1. The highest BCUT2D eigenvalue weighted by atomic mass is 16.5. The predicted molar refractivity (Wildman–Crippen MR) is 104 cm³/mol. The molecule has 0 radical (unpaired) electrons. The Morgan fingerprint density at radius 2 is 1.71 bits per heavy atom. The highest BCUT2D eigenvalue weighted by Crippen LogP contribution is 2.27. The van der Waals surface area contributed by atoms with Gasteiger partial charge >= 0.3 is 5.97 Å². The van der Waals surface area contributed by atoms with Gasteiger partial charge in [0.2, 0.25) is 5.78 Å². The predicted octanol–water partition coefficient (Wildman–Crippen LogP) is 2.74. The number of ketones is 1. The van der Waals surface area contributed by atoms with Crippen LogP contribution in [0.2, 0.25) is 0 Å². The lowest BCUT2D eigenvalue weighted by Crippen LogP contribution is -2.16. The molecular weight excluding hydrogens is 362 g/mol. The van der Waals surface area contributed by atoms with Gasteiger partial charge in [-0.3, -0.25) is 9.59 Å². The van der Waals surface area contributed by atoms with Crippen LogP contribution in [0.3, 0.4) is 0 Å². The fourth-order valence-corrected chi connectivity index (χ4v) is 3.04. The zero-order chi connectivity index (χ0) is 20.7. The average molecular weight is 389 g/mol. The summed E-state index contributed by atoms with van der Waals surface area (Å²) in [7, 11) is 4.71. The highest BCUT2D eigenvalue weighted by molar-refractivity contribution is 5.99. The first-order chi connectivity index (χ1) is 13.4. The van der Waals surface area contributed by atoms with Crippen molar-refractivity contribution < 1.29 is 28.5 Å². The Labute approximate surface area is 165 Å². The minimum Gasteiger partial charge on any atom is -0.493 e. The molecule has 0 amide bonds. The second-order valence-corrected chi connectivity index (χ2v) is 6.38. The van der Waals surface area contributed by atoms with Crippen molar-refractivity contribution in [1.82, 2.24) is 4.57 Å². The van der Waals surface area contributed by atoms with Crippen LogP contribution >= 0.6 is 0 Å². The molecule has 152 valence electrons. The second-order valence-electron chi connectivity index (χ2n) is 6.38. The molecule has 7 heteroatoms. The third-order valence-corrected chi connectivity index (χ3v) is 4.55. The summed E-state index contributed by atoms with van der Waals surface area (Å²) in [5.74, 6) is 0.414. The molecule has 1 heterocycles. The Balaban J connectivity index is 1.97. The van der Waals surface area contributed by atoms with Gasteiger partial charge in [-0.05, 0) is 37.6 Å². The maximum absolute atomic E-state index is 12.5. The van der Waals surface area contributed by atoms with E-state index in [0.717, 1.165) is 11.4 Å². The Bertz CT molecular complexity index is 840. The number of carbonyl (C=O) groups excluding carboxylic acids is 2. The molecule has 2 aromatic rings. The van der Waals surface area contributed by atoms with E-state index >= 15 is 0 Å². The largest absolute Gasteiger partial charge is 0.493 e. The van der Waals surface area contributed by atoms with Crippen LogP contribution < -0.4 is 9.47 Å². The number of ether oxygens (including phenoxy) is 4. The van der Waals surface area contributed by atoms with Gasteiger partial charge in [0.15, 0.2) is 18.1 Å².